The number of aromatic nitrogens is 4. The first-order valence-electron chi connectivity index (χ1n) is 13.9. The van der Waals surface area contributed by atoms with Crippen LogP contribution in [-0.2, 0) is 46.6 Å². The number of carbonyl (C=O) groups is 3. The summed E-state index contributed by atoms with van der Waals surface area (Å²) in [7, 11) is 0. The molecule has 0 radical (unpaired) electrons. The van der Waals surface area contributed by atoms with Gasteiger partial charge in [-0.3, -0.25) is 9.59 Å². The lowest BCUT2D eigenvalue weighted by Crippen LogP contribution is -2.32. The standard InChI is InChI=1S/C30H35N7O4S2/c1-30(2,3)41-29(40)31-19-22-13-9-12-21(16-22)18-24(39)33-28-37-35-26(43-28)15-8-7-14-25-34-36-27(42-25)32-23(38)17-20-10-5-4-6-11-20/h4-6,9-13,16H,7-8,14-15,17-19H2,1-3H3,(H,31,40)(H,32,36,38)(H,33,37,39). The monoisotopic (exact) mass is 621 g/mol. The van der Waals surface area contributed by atoms with E-state index in [9.17, 15) is 14.4 Å². The number of unbranched alkanes of at least 4 members (excludes halogenated alkanes) is 1. The van der Waals surface area contributed by atoms with Crippen LogP contribution in [0.2, 0.25) is 0 Å². The van der Waals surface area contributed by atoms with Crippen molar-refractivity contribution in [3.05, 3.63) is 81.3 Å². The van der Waals surface area contributed by atoms with Crippen LogP contribution in [0, 0.1) is 0 Å². The fraction of sp³-hybridized carbons (Fsp3) is 0.367. The van der Waals surface area contributed by atoms with Crippen molar-refractivity contribution in [2.75, 3.05) is 10.6 Å². The van der Waals surface area contributed by atoms with E-state index in [-0.39, 0.29) is 18.2 Å². The number of nitrogens with one attached hydrogen (secondary N) is 3. The lowest BCUT2D eigenvalue weighted by atomic mass is 10.1. The molecule has 0 bridgehead atoms. The number of anilines is 2. The topological polar surface area (TPSA) is 148 Å². The minimum absolute atomic E-state index is 0.117. The van der Waals surface area contributed by atoms with E-state index in [4.69, 9.17) is 4.74 Å². The molecule has 0 saturated carbocycles. The largest absolute Gasteiger partial charge is 0.444 e. The van der Waals surface area contributed by atoms with E-state index in [2.05, 4.69) is 36.3 Å². The molecule has 226 valence electrons. The number of hydrogen-bond donors (Lipinski definition) is 3. The molecule has 3 amide bonds. The number of nitrogens with zero attached hydrogens (tertiary/aromatic N) is 4. The van der Waals surface area contributed by atoms with Gasteiger partial charge in [-0.25, -0.2) is 4.79 Å². The second-order valence-electron chi connectivity index (χ2n) is 10.8. The molecule has 43 heavy (non-hydrogen) atoms. The highest BCUT2D eigenvalue weighted by Gasteiger charge is 2.16. The zero-order valence-electron chi connectivity index (χ0n) is 24.4. The van der Waals surface area contributed by atoms with Crippen molar-refractivity contribution in [1.29, 1.82) is 0 Å². The Balaban J connectivity index is 1.14. The van der Waals surface area contributed by atoms with Gasteiger partial charge in [0, 0.05) is 19.4 Å². The van der Waals surface area contributed by atoms with Gasteiger partial charge < -0.3 is 20.7 Å². The van der Waals surface area contributed by atoms with Gasteiger partial charge in [-0.2, -0.15) is 0 Å². The van der Waals surface area contributed by atoms with Crippen molar-refractivity contribution in [1.82, 2.24) is 25.7 Å². The number of amides is 3. The maximum absolute atomic E-state index is 12.6. The summed E-state index contributed by atoms with van der Waals surface area (Å²) >= 11 is 2.75. The summed E-state index contributed by atoms with van der Waals surface area (Å²) in [6.45, 7) is 5.72. The summed E-state index contributed by atoms with van der Waals surface area (Å²) in [6, 6.07) is 17.0. The molecule has 0 spiro atoms. The fourth-order valence-electron chi connectivity index (χ4n) is 3.99. The van der Waals surface area contributed by atoms with E-state index in [1.54, 1.807) is 0 Å². The second kappa shape index (κ2) is 15.3. The van der Waals surface area contributed by atoms with Gasteiger partial charge in [-0.15, -0.1) is 20.4 Å². The minimum Gasteiger partial charge on any atom is -0.444 e. The minimum atomic E-state index is -0.567. The summed E-state index contributed by atoms with van der Waals surface area (Å²) < 4.78 is 5.26. The van der Waals surface area contributed by atoms with Crippen LogP contribution in [0.5, 0.6) is 0 Å². The molecule has 0 aliphatic rings. The quantitative estimate of drug-likeness (QED) is 0.169. The molecule has 4 rings (SSSR count). The van der Waals surface area contributed by atoms with E-state index in [1.165, 1.54) is 22.7 Å². The van der Waals surface area contributed by atoms with Gasteiger partial charge in [-0.1, -0.05) is 77.3 Å². The Morgan fingerprint density at radius 3 is 1.84 bits per heavy atom. The molecular formula is C30H35N7O4S2. The molecule has 2 heterocycles. The molecule has 2 aromatic heterocycles. The molecule has 0 aliphatic heterocycles. The van der Waals surface area contributed by atoms with Gasteiger partial charge in [0.05, 0.1) is 12.8 Å². The van der Waals surface area contributed by atoms with E-state index in [0.29, 0.717) is 23.2 Å². The normalized spacial score (nSPS) is 11.1. The Bertz CT molecular complexity index is 1520. The average molecular weight is 622 g/mol. The van der Waals surface area contributed by atoms with E-state index >= 15 is 0 Å². The number of ether oxygens (including phenoxy) is 1. The van der Waals surface area contributed by atoms with Gasteiger partial charge in [0.25, 0.3) is 0 Å². The Morgan fingerprint density at radius 2 is 1.26 bits per heavy atom. The first-order valence-corrected chi connectivity index (χ1v) is 15.6. The molecule has 3 N–H and O–H groups in total. The Hall–Kier alpha value is -4.23. The summed E-state index contributed by atoms with van der Waals surface area (Å²) in [6.07, 6.45) is 3.22. The maximum Gasteiger partial charge on any atom is 0.407 e. The number of hydrogen-bond acceptors (Lipinski definition) is 10. The maximum atomic E-state index is 12.6. The summed E-state index contributed by atoms with van der Waals surface area (Å²) in [5, 5.41) is 27.6. The van der Waals surface area contributed by atoms with Gasteiger partial charge in [0.15, 0.2) is 0 Å². The molecule has 4 aromatic rings. The number of carbonyl (C=O) groups excluding carboxylic acids is 3. The van der Waals surface area contributed by atoms with Crippen LogP contribution >= 0.6 is 22.7 Å². The van der Waals surface area contributed by atoms with E-state index in [0.717, 1.165) is 52.4 Å². The fourth-order valence-corrected chi connectivity index (χ4v) is 5.59. The zero-order valence-corrected chi connectivity index (χ0v) is 26.0. The second-order valence-corrected chi connectivity index (χ2v) is 12.9. The predicted octanol–water partition coefficient (Wildman–Crippen LogP) is 5.34. The highest BCUT2D eigenvalue weighted by atomic mass is 32.1. The SMILES string of the molecule is CC(C)(C)OC(=O)NCc1cccc(CC(=O)Nc2nnc(CCCCc3nnc(NC(=O)Cc4ccccc4)s3)s2)c1. The van der Waals surface area contributed by atoms with Crippen LogP contribution in [0.1, 0.15) is 60.3 Å². The van der Waals surface area contributed by atoms with Gasteiger partial charge in [0.2, 0.25) is 22.1 Å². The lowest BCUT2D eigenvalue weighted by Gasteiger charge is -2.19. The Labute approximate surface area is 258 Å². The Morgan fingerprint density at radius 1 is 0.721 bits per heavy atom. The van der Waals surface area contributed by atoms with Crippen LogP contribution in [0.15, 0.2) is 54.6 Å². The van der Waals surface area contributed by atoms with Crippen molar-refractivity contribution < 1.29 is 19.1 Å². The van der Waals surface area contributed by atoms with Crippen LogP contribution in [0.25, 0.3) is 0 Å². The highest BCUT2D eigenvalue weighted by molar-refractivity contribution is 7.15. The van der Waals surface area contributed by atoms with Crippen molar-refractivity contribution in [2.24, 2.45) is 0 Å². The van der Waals surface area contributed by atoms with Gasteiger partial charge in [-0.05, 0) is 50.3 Å². The van der Waals surface area contributed by atoms with Crippen molar-refractivity contribution in [3.63, 3.8) is 0 Å². The molecule has 0 aliphatic carbocycles. The number of rotatable bonds is 13. The van der Waals surface area contributed by atoms with Crippen LogP contribution in [0.3, 0.4) is 0 Å². The molecule has 0 atom stereocenters. The number of alkyl carbamates (subject to hydrolysis) is 1. The first kappa shape index (κ1) is 31.7. The molecule has 0 unspecified atom stereocenters. The predicted molar refractivity (Wildman–Crippen MR) is 167 cm³/mol. The number of aryl methyl sites for hydroxylation is 2. The zero-order chi connectivity index (χ0) is 30.7. The molecule has 2 aromatic carbocycles. The van der Waals surface area contributed by atoms with Crippen LogP contribution in [-0.4, -0.2) is 43.9 Å². The summed E-state index contributed by atoms with van der Waals surface area (Å²) in [4.78, 5) is 36.7. The third kappa shape index (κ3) is 11.5. The average Bonchev–Trinajstić information content (AvgIpc) is 3.58. The third-order valence-corrected chi connectivity index (χ3v) is 7.65. The molecule has 0 fully saturated rings. The van der Waals surface area contributed by atoms with Crippen molar-refractivity contribution in [2.45, 2.75) is 71.4 Å². The molecule has 11 nitrogen and oxygen atoms in total. The first-order chi connectivity index (χ1) is 20.6. The lowest BCUT2D eigenvalue weighted by molar-refractivity contribution is -0.116. The number of benzene rings is 2. The van der Waals surface area contributed by atoms with Gasteiger partial charge in [0.1, 0.15) is 15.6 Å². The molecular weight excluding hydrogens is 587 g/mol. The van der Waals surface area contributed by atoms with Gasteiger partial charge >= 0.3 is 6.09 Å². The van der Waals surface area contributed by atoms with E-state index < -0.39 is 11.7 Å². The van der Waals surface area contributed by atoms with Crippen LogP contribution in [0.4, 0.5) is 15.1 Å². The molecule has 0 saturated heterocycles. The summed E-state index contributed by atoms with van der Waals surface area (Å²) in [5.41, 5.74) is 2.07. The molecule has 13 heteroatoms. The Kier molecular flexibility index (Phi) is 11.3. The van der Waals surface area contributed by atoms with Crippen molar-refractivity contribution >= 4 is 50.8 Å². The van der Waals surface area contributed by atoms with Crippen LogP contribution < -0.4 is 16.0 Å². The van der Waals surface area contributed by atoms with E-state index in [1.807, 2.05) is 75.4 Å². The summed E-state index contributed by atoms with van der Waals surface area (Å²) in [5.74, 6) is -0.308. The smallest absolute Gasteiger partial charge is 0.407 e. The van der Waals surface area contributed by atoms with Crippen molar-refractivity contribution in [3.8, 4) is 0 Å². The third-order valence-electron chi connectivity index (χ3n) is 5.86. The highest BCUT2D eigenvalue weighted by Crippen LogP contribution is 2.21.